The molecular weight excluding hydrogens is 498 g/mol. The lowest BCUT2D eigenvalue weighted by Gasteiger charge is -2.39. The summed E-state index contributed by atoms with van der Waals surface area (Å²) in [7, 11) is 2.17. The molecule has 0 amide bonds. The Bertz CT molecular complexity index is 1840. The van der Waals surface area contributed by atoms with Crippen molar-refractivity contribution in [2.75, 3.05) is 36.9 Å². The number of thiazole rings is 1. The fourth-order valence-corrected chi connectivity index (χ4v) is 5.66. The maximum Gasteiger partial charge on any atom is 0.284 e. The van der Waals surface area contributed by atoms with Crippen molar-refractivity contribution in [2.24, 2.45) is 0 Å². The summed E-state index contributed by atoms with van der Waals surface area (Å²) in [6.45, 7) is 5.32. The van der Waals surface area contributed by atoms with Crippen molar-refractivity contribution in [3.05, 3.63) is 76.7 Å². The molecule has 6 aromatic rings. The lowest BCUT2D eigenvalue weighted by atomic mass is 10.1. The number of anilines is 3. The van der Waals surface area contributed by atoms with Crippen LogP contribution in [0.5, 0.6) is 0 Å². The Morgan fingerprint density at radius 1 is 1.00 bits per heavy atom. The van der Waals surface area contributed by atoms with Gasteiger partial charge < -0.3 is 15.1 Å². The SMILES string of the molecule is C[C@@H]1CN(c2ccc(Nc3ncc4c(=O)n5c(nc4n3)c3ccccc3n5-c3nccs3)cc2)CCN1C. The monoisotopic (exact) mass is 523 g/mol. The predicted molar refractivity (Wildman–Crippen MR) is 151 cm³/mol. The first-order valence-electron chi connectivity index (χ1n) is 12.5. The number of hydrogen-bond acceptors (Lipinski definition) is 9. The Labute approximate surface area is 221 Å². The quantitative estimate of drug-likeness (QED) is 0.371. The van der Waals surface area contributed by atoms with Crippen molar-refractivity contribution in [1.29, 1.82) is 0 Å². The number of nitrogens with zero attached hydrogens (tertiary/aromatic N) is 8. The van der Waals surface area contributed by atoms with Crippen LogP contribution in [0.4, 0.5) is 17.3 Å². The molecule has 1 atom stereocenters. The molecule has 1 fully saturated rings. The molecule has 1 aliphatic heterocycles. The van der Waals surface area contributed by atoms with Crippen LogP contribution in [0.15, 0.2) is 71.1 Å². The third-order valence-electron chi connectivity index (χ3n) is 7.23. The Morgan fingerprint density at radius 3 is 2.63 bits per heavy atom. The van der Waals surface area contributed by atoms with Gasteiger partial charge in [-0.05, 0) is 50.4 Å². The van der Waals surface area contributed by atoms with Gasteiger partial charge in [0, 0.05) is 60.2 Å². The second kappa shape index (κ2) is 8.89. The molecule has 11 heteroatoms. The number of rotatable bonds is 4. The van der Waals surface area contributed by atoms with Gasteiger partial charge in [0.25, 0.3) is 5.56 Å². The van der Waals surface area contributed by atoms with Gasteiger partial charge in [0.2, 0.25) is 11.1 Å². The highest BCUT2D eigenvalue weighted by atomic mass is 32.1. The zero-order chi connectivity index (χ0) is 25.8. The molecule has 1 N–H and O–H groups in total. The molecular formula is C27H25N9OS. The molecule has 38 heavy (non-hydrogen) atoms. The molecule has 0 spiro atoms. The van der Waals surface area contributed by atoms with Gasteiger partial charge in [-0.3, -0.25) is 4.79 Å². The van der Waals surface area contributed by atoms with Crippen LogP contribution in [0.1, 0.15) is 6.92 Å². The highest BCUT2D eigenvalue weighted by molar-refractivity contribution is 7.12. The molecule has 0 saturated carbocycles. The molecule has 0 bridgehead atoms. The highest BCUT2D eigenvalue weighted by Gasteiger charge is 2.21. The number of hydrogen-bond donors (Lipinski definition) is 1. The minimum Gasteiger partial charge on any atom is -0.369 e. The molecule has 10 nitrogen and oxygen atoms in total. The van der Waals surface area contributed by atoms with Crippen LogP contribution in [0.2, 0.25) is 0 Å². The Kier molecular flexibility index (Phi) is 5.34. The molecule has 7 rings (SSSR count). The van der Waals surface area contributed by atoms with Crippen LogP contribution in [-0.4, -0.2) is 66.8 Å². The van der Waals surface area contributed by atoms with Gasteiger partial charge in [-0.2, -0.15) is 9.50 Å². The lowest BCUT2D eigenvalue weighted by molar-refractivity contribution is 0.234. The van der Waals surface area contributed by atoms with Gasteiger partial charge >= 0.3 is 0 Å². The largest absolute Gasteiger partial charge is 0.369 e. The van der Waals surface area contributed by atoms with Crippen LogP contribution in [0.25, 0.3) is 32.7 Å². The van der Waals surface area contributed by atoms with E-state index in [9.17, 15) is 4.79 Å². The van der Waals surface area contributed by atoms with Crippen LogP contribution in [0, 0.1) is 0 Å². The summed E-state index contributed by atoms with van der Waals surface area (Å²) < 4.78 is 3.36. The van der Waals surface area contributed by atoms with E-state index in [0.717, 1.165) is 36.2 Å². The van der Waals surface area contributed by atoms with E-state index in [-0.39, 0.29) is 5.56 Å². The van der Waals surface area contributed by atoms with E-state index in [2.05, 4.69) is 56.2 Å². The minimum absolute atomic E-state index is 0.242. The Balaban J connectivity index is 1.25. The summed E-state index contributed by atoms with van der Waals surface area (Å²) in [6.07, 6.45) is 3.26. The molecule has 1 saturated heterocycles. The van der Waals surface area contributed by atoms with Gasteiger partial charge in [0.05, 0.1) is 5.52 Å². The summed E-state index contributed by atoms with van der Waals surface area (Å²) >= 11 is 1.46. The molecule has 5 heterocycles. The number of para-hydroxylation sites is 1. The second-order valence-corrected chi connectivity index (χ2v) is 10.4. The number of piperazine rings is 1. The van der Waals surface area contributed by atoms with Gasteiger partial charge in [0.15, 0.2) is 11.3 Å². The van der Waals surface area contributed by atoms with E-state index in [1.54, 1.807) is 15.4 Å². The molecule has 0 radical (unpaired) electrons. The van der Waals surface area contributed by atoms with Crippen molar-refractivity contribution < 1.29 is 0 Å². The lowest BCUT2D eigenvalue weighted by Crippen LogP contribution is -2.50. The zero-order valence-corrected chi connectivity index (χ0v) is 21.8. The average molecular weight is 524 g/mol. The van der Waals surface area contributed by atoms with E-state index < -0.39 is 0 Å². The predicted octanol–water partition coefficient (Wildman–Crippen LogP) is 3.92. The Morgan fingerprint density at radius 2 is 1.84 bits per heavy atom. The van der Waals surface area contributed by atoms with Gasteiger partial charge in [-0.1, -0.05) is 12.1 Å². The van der Waals surface area contributed by atoms with Crippen molar-refractivity contribution in [3.63, 3.8) is 0 Å². The smallest absolute Gasteiger partial charge is 0.284 e. The van der Waals surface area contributed by atoms with E-state index in [1.165, 1.54) is 23.2 Å². The minimum atomic E-state index is -0.242. The summed E-state index contributed by atoms with van der Waals surface area (Å²) in [5.74, 6) is 0.387. The topological polar surface area (TPSA) is 96.5 Å². The average Bonchev–Trinajstić information content (AvgIpc) is 3.57. The van der Waals surface area contributed by atoms with Crippen molar-refractivity contribution in [3.8, 4) is 5.13 Å². The van der Waals surface area contributed by atoms with Crippen molar-refractivity contribution >= 4 is 56.2 Å². The van der Waals surface area contributed by atoms with Crippen LogP contribution >= 0.6 is 11.3 Å². The van der Waals surface area contributed by atoms with Crippen molar-refractivity contribution in [2.45, 2.75) is 13.0 Å². The summed E-state index contributed by atoms with van der Waals surface area (Å²) in [5, 5.41) is 7.03. The third kappa shape index (κ3) is 3.70. The normalized spacial score (nSPS) is 16.6. The van der Waals surface area contributed by atoms with Gasteiger partial charge in [-0.25, -0.2) is 19.6 Å². The van der Waals surface area contributed by atoms with E-state index in [4.69, 9.17) is 4.98 Å². The first-order valence-corrected chi connectivity index (χ1v) is 13.4. The van der Waals surface area contributed by atoms with E-state index >= 15 is 0 Å². The van der Waals surface area contributed by atoms with E-state index in [1.807, 2.05) is 41.8 Å². The van der Waals surface area contributed by atoms with Crippen LogP contribution < -0.4 is 15.8 Å². The first kappa shape index (κ1) is 22.8. The highest BCUT2D eigenvalue weighted by Crippen LogP contribution is 2.26. The van der Waals surface area contributed by atoms with Crippen LogP contribution in [-0.2, 0) is 0 Å². The summed E-state index contributed by atoms with van der Waals surface area (Å²) in [6, 6.07) is 16.6. The fourth-order valence-electron chi connectivity index (χ4n) is 5.02. The van der Waals surface area contributed by atoms with Gasteiger partial charge in [-0.15, -0.1) is 11.3 Å². The van der Waals surface area contributed by atoms with E-state index in [0.29, 0.717) is 33.8 Å². The number of nitrogens with one attached hydrogen (secondary N) is 1. The Hall–Kier alpha value is -4.35. The third-order valence-corrected chi connectivity index (χ3v) is 7.97. The molecule has 2 aromatic carbocycles. The number of fused-ring (bicyclic) bond motifs is 4. The first-order chi connectivity index (χ1) is 18.6. The molecule has 0 aliphatic carbocycles. The fraction of sp³-hybridized carbons (Fsp3) is 0.222. The maximum atomic E-state index is 13.6. The maximum absolute atomic E-state index is 13.6. The number of aromatic nitrogens is 6. The number of benzene rings is 2. The summed E-state index contributed by atoms with van der Waals surface area (Å²) in [5.41, 5.74) is 3.55. The van der Waals surface area contributed by atoms with Crippen molar-refractivity contribution in [1.82, 2.24) is 34.0 Å². The number of likely N-dealkylation sites (N-methyl/N-ethyl adjacent to an activating group) is 1. The van der Waals surface area contributed by atoms with Crippen LogP contribution in [0.3, 0.4) is 0 Å². The standard InChI is InChI=1S/C27H25N9OS/c1-17-16-34(13-12-33(17)2)19-9-7-18(8-10-19)30-26-29-15-21-23(32-26)31-24-20-5-3-4-6-22(20)35(36(24)25(21)37)27-28-11-14-38-27/h3-11,14-15,17H,12-13,16H2,1-2H3,(H,29,30,32)/t17-/m1/s1. The van der Waals surface area contributed by atoms with Gasteiger partial charge in [0.1, 0.15) is 5.39 Å². The molecule has 190 valence electrons. The molecule has 4 aromatic heterocycles. The zero-order valence-electron chi connectivity index (χ0n) is 20.9. The summed E-state index contributed by atoms with van der Waals surface area (Å²) in [4.78, 5) is 36.7. The molecule has 1 aliphatic rings. The molecule has 0 unspecified atom stereocenters. The second-order valence-electron chi connectivity index (χ2n) is 9.57.